The highest BCUT2D eigenvalue weighted by Crippen LogP contribution is 2.34. The molecule has 2 heterocycles. The number of benzene rings is 1. The van der Waals surface area contributed by atoms with E-state index in [2.05, 4.69) is 9.71 Å². The van der Waals surface area contributed by atoms with Crippen molar-refractivity contribution in [2.45, 2.75) is 23.8 Å². The van der Waals surface area contributed by atoms with Crippen LogP contribution in [-0.2, 0) is 14.8 Å². The molecule has 0 amide bonds. The Balaban J connectivity index is 1.97. The molecule has 146 valence electrons. The predicted molar refractivity (Wildman–Crippen MR) is 100 cm³/mol. The van der Waals surface area contributed by atoms with E-state index in [1.165, 1.54) is 20.3 Å². The lowest BCUT2D eigenvalue weighted by Gasteiger charge is -2.31. The van der Waals surface area contributed by atoms with Gasteiger partial charge in [-0.2, -0.15) is 0 Å². The van der Waals surface area contributed by atoms with Crippen LogP contribution in [-0.4, -0.2) is 40.8 Å². The molecule has 0 aliphatic carbocycles. The van der Waals surface area contributed by atoms with Crippen molar-refractivity contribution in [3.05, 3.63) is 48.3 Å². The summed E-state index contributed by atoms with van der Waals surface area (Å²) in [6.45, 7) is 1.23. The molecule has 1 aliphatic heterocycles. The first-order valence-corrected chi connectivity index (χ1v) is 10.3. The minimum Gasteiger partial charge on any atom is -0.497 e. The van der Waals surface area contributed by atoms with Crippen LogP contribution < -0.4 is 14.2 Å². The quantitative estimate of drug-likeness (QED) is 0.779. The summed E-state index contributed by atoms with van der Waals surface area (Å²) in [7, 11) is -0.921. The third-order valence-electron chi connectivity index (χ3n) is 4.72. The first kappa shape index (κ1) is 19.6. The number of aromatic nitrogens is 1. The van der Waals surface area contributed by atoms with Gasteiger partial charge in [-0.05, 0) is 42.5 Å². The van der Waals surface area contributed by atoms with Crippen molar-refractivity contribution >= 4 is 10.0 Å². The first-order valence-electron chi connectivity index (χ1n) is 8.77. The van der Waals surface area contributed by atoms with Crippen molar-refractivity contribution in [1.29, 1.82) is 0 Å². The fraction of sp³-hybridized carbons (Fsp3) is 0.421. The van der Waals surface area contributed by atoms with E-state index in [0.29, 0.717) is 19.0 Å². The van der Waals surface area contributed by atoms with Gasteiger partial charge in [-0.15, -0.1) is 0 Å². The average Bonchev–Trinajstić information content (AvgIpc) is 2.73. The van der Waals surface area contributed by atoms with E-state index in [1.54, 1.807) is 24.5 Å². The molecule has 2 aromatic rings. The van der Waals surface area contributed by atoms with Crippen LogP contribution in [0.5, 0.6) is 11.5 Å². The van der Waals surface area contributed by atoms with Crippen molar-refractivity contribution in [2.75, 3.05) is 27.4 Å². The van der Waals surface area contributed by atoms with E-state index in [-0.39, 0.29) is 16.6 Å². The minimum absolute atomic E-state index is 0.0466. The Morgan fingerprint density at radius 2 is 1.96 bits per heavy atom. The number of nitrogens with one attached hydrogen (secondary N) is 1. The molecule has 1 aliphatic rings. The van der Waals surface area contributed by atoms with Gasteiger partial charge in [-0.3, -0.25) is 4.98 Å². The van der Waals surface area contributed by atoms with Gasteiger partial charge in [0.25, 0.3) is 0 Å². The van der Waals surface area contributed by atoms with Crippen LogP contribution in [0, 0.1) is 5.92 Å². The van der Waals surface area contributed by atoms with Gasteiger partial charge < -0.3 is 14.2 Å². The summed E-state index contributed by atoms with van der Waals surface area (Å²) in [5, 5.41) is 0. The van der Waals surface area contributed by atoms with Gasteiger partial charge in [0.2, 0.25) is 10.0 Å². The lowest BCUT2D eigenvalue weighted by atomic mass is 9.88. The number of hydrogen-bond acceptors (Lipinski definition) is 6. The van der Waals surface area contributed by atoms with Crippen LogP contribution in [0.2, 0.25) is 0 Å². The first-order chi connectivity index (χ1) is 13.0. The van der Waals surface area contributed by atoms with E-state index in [0.717, 1.165) is 18.4 Å². The molecule has 0 radical (unpaired) electrons. The number of methoxy groups -OCH3 is 2. The van der Waals surface area contributed by atoms with E-state index < -0.39 is 16.1 Å². The second kappa shape index (κ2) is 8.69. The average molecular weight is 392 g/mol. The number of hydrogen-bond donors (Lipinski definition) is 1. The summed E-state index contributed by atoms with van der Waals surface area (Å²) >= 11 is 0. The minimum atomic E-state index is -3.86. The summed E-state index contributed by atoms with van der Waals surface area (Å²) in [6.07, 6.45) is 4.92. The maximum absolute atomic E-state index is 13.2. The Bertz CT molecular complexity index is 852. The topological polar surface area (TPSA) is 86.8 Å². The second-order valence-corrected chi connectivity index (χ2v) is 8.03. The number of pyridine rings is 1. The van der Waals surface area contributed by atoms with E-state index in [1.807, 2.05) is 12.1 Å². The molecule has 8 heteroatoms. The van der Waals surface area contributed by atoms with Gasteiger partial charge in [0.1, 0.15) is 16.4 Å². The molecule has 27 heavy (non-hydrogen) atoms. The molecule has 1 N–H and O–H groups in total. The third-order valence-corrected chi connectivity index (χ3v) is 6.19. The molecule has 1 saturated heterocycles. The normalized spacial score (nSPS) is 16.7. The van der Waals surface area contributed by atoms with Gasteiger partial charge in [0, 0.05) is 31.7 Å². The monoisotopic (exact) mass is 392 g/mol. The number of ether oxygens (including phenoxy) is 3. The molecule has 0 saturated carbocycles. The fourth-order valence-corrected chi connectivity index (χ4v) is 4.75. The third kappa shape index (κ3) is 4.58. The molecule has 7 nitrogen and oxygen atoms in total. The van der Waals surface area contributed by atoms with Crippen molar-refractivity contribution in [3.63, 3.8) is 0 Å². The number of nitrogens with zero attached hydrogens (tertiary/aromatic N) is 1. The van der Waals surface area contributed by atoms with Gasteiger partial charge in [0.15, 0.2) is 0 Å². The molecule has 1 aromatic heterocycles. The van der Waals surface area contributed by atoms with Crippen LogP contribution in [0.4, 0.5) is 0 Å². The standard InChI is InChI=1S/C19H24N2O5S/c1-24-16-5-6-17(25-2)18(12-16)27(22,23)21-19(14-7-10-26-11-8-14)15-4-3-9-20-13-15/h3-6,9,12-14,19,21H,7-8,10-11H2,1-2H3. The van der Waals surface area contributed by atoms with Crippen LogP contribution in [0.25, 0.3) is 0 Å². The summed E-state index contributed by atoms with van der Waals surface area (Å²) in [4.78, 5) is 4.20. The van der Waals surface area contributed by atoms with Crippen LogP contribution in [0.3, 0.4) is 0 Å². The predicted octanol–water partition coefficient (Wildman–Crippen LogP) is 2.55. The largest absolute Gasteiger partial charge is 0.497 e. The maximum atomic E-state index is 13.2. The van der Waals surface area contributed by atoms with Crippen LogP contribution in [0.15, 0.2) is 47.6 Å². The number of rotatable bonds is 7. The zero-order valence-corrected chi connectivity index (χ0v) is 16.2. The van der Waals surface area contributed by atoms with Crippen molar-refractivity contribution < 1.29 is 22.6 Å². The molecule has 0 spiro atoms. The van der Waals surface area contributed by atoms with Gasteiger partial charge in [-0.1, -0.05) is 6.07 Å². The zero-order chi connectivity index (χ0) is 19.3. The van der Waals surface area contributed by atoms with Gasteiger partial charge in [0.05, 0.1) is 20.3 Å². The Morgan fingerprint density at radius 3 is 2.59 bits per heavy atom. The molecular weight excluding hydrogens is 368 g/mol. The molecule has 0 bridgehead atoms. The maximum Gasteiger partial charge on any atom is 0.244 e. The SMILES string of the molecule is COc1ccc(OC)c(S(=O)(=O)NC(c2cccnc2)C2CCOCC2)c1. The van der Waals surface area contributed by atoms with Crippen molar-refractivity contribution in [1.82, 2.24) is 9.71 Å². The highest BCUT2D eigenvalue weighted by molar-refractivity contribution is 7.89. The Hall–Kier alpha value is -2.16. The van der Waals surface area contributed by atoms with E-state index in [9.17, 15) is 8.42 Å². The van der Waals surface area contributed by atoms with Crippen molar-refractivity contribution in [2.24, 2.45) is 5.92 Å². The van der Waals surface area contributed by atoms with Crippen LogP contribution >= 0.6 is 0 Å². The number of sulfonamides is 1. The summed E-state index contributed by atoms with van der Waals surface area (Å²) in [5.41, 5.74) is 0.829. The highest BCUT2D eigenvalue weighted by Gasteiger charge is 2.31. The smallest absolute Gasteiger partial charge is 0.244 e. The summed E-state index contributed by atoms with van der Waals surface area (Å²) in [5.74, 6) is 0.828. The second-order valence-electron chi connectivity index (χ2n) is 6.35. The van der Waals surface area contributed by atoms with E-state index >= 15 is 0 Å². The summed E-state index contributed by atoms with van der Waals surface area (Å²) < 4.78 is 45.2. The molecule has 1 aromatic carbocycles. The Labute approximate surface area is 159 Å². The summed E-state index contributed by atoms with van der Waals surface area (Å²) in [6, 6.07) is 8.01. The molecule has 1 atom stereocenters. The highest BCUT2D eigenvalue weighted by atomic mass is 32.2. The molecular formula is C19H24N2O5S. The lowest BCUT2D eigenvalue weighted by Crippen LogP contribution is -2.36. The Morgan fingerprint density at radius 1 is 1.19 bits per heavy atom. The zero-order valence-electron chi connectivity index (χ0n) is 15.4. The van der Waals surface area contributed by atoms with Crippen LogP contribution in [0.1, 0.15) is 24.4 Å². The van der Waals surface area contributed by atoms with Gasteiger partial charge >= 0.3 is 0 Å². The molecule has 1 fully saturated rings. The van der Waals surface area contributed by atoms with E-state index in [4.69, 9.17) is 14.2 Å². The molecule has 3 rings (SSSR count). The van der Waals surface area contributed by atoms with Gasteiger partial charge in [-0.25, -0.2) is 13.1 Å². The van der Waals surface area contributed by atoms with Crippen molar-refractivity contribution in [3.8, 4) is 11.5 Å². The molecule has 1 unspecified atom stereocenters. The lowest BCUT2D eigenvalue weighted by molar-refractivity contribution is 0.0564. The Kier molecular flexibility index (Phi) is 6.30. The fourth-order valence-electron chi connectivity index (χ4n) is 3.27.